The third-order valence-electron chi connectivity index (χ3n) is 5.86. The van der Waals surface area contributed by atoms with Gasteiger partial charge in [0.1, 0.15) is 0 Å². The molecule has 2 aliphatic rings. The number of piperidine rings is 1. The molecule has 1 saturated heterocycles. The summed E-state index contributed by atoms with van der Waals surface area (Å²) in [4.78, 5) is 40.9. The van der Waals surface area contributed by atoms with Gasteiger partial charge in [0.25, 0.3) is 11.8 Å². The number of anilines is 1. The monoisotopic (exact) mass is 391 g/mol. The lowest BCUT2D eigenvalue weighted by molar-refractivity contribution is 0.0926. The Balaban J connectivity index is 1.42. The van der Waals surface area contributed by atoms with E-state index in [0.29, 0.717) is 23.4 Å². The summed E-state index contributed by atoms with van der Waals surface area (Å²) in [6.07, 6.45) is 3.23. The number of nitrogens with zero attached hydrogens (tertiary/aromatic N) is 2. The van der Waals surface area contributed by atoms with Crippen molar-refractivity contribution in [2.75, 3.05) is 4.90 Å². The number of likely N-dealkylation sites (tertiary alicyclic amines) is 1. The number of benzene rings is 2. The maximum atomic E-state index is 12.6. The van der Waals surface area contributed by atoms with Crippen LogP contribution >= 0.6 is 0 Å². The molecule has 150 valence electrons. The Morgan fingerprint density at radius 3 is 2.03 bits per heavy atom. The van der Waals surface area contributed by atoms with Crippen LogP contribution in [0.5, 0.6) is 0 Å². The number of hydrogen-bond acceptors (Lipinski definition) is 3. The van der Waals surface area contributed by atoms with Crippen molar-refractivity contribution < 1.29 is 14.4 Å². The summed E-state index contributed by atoms with van der Waals surface area (Å²) in [6.45, 7) is 4.58. The van der Waals surface area contributed by atoms with Crippen molar-refractivity contribution in [3.8, 4) is 0 Å². The van der Waals surface area contributed by atoms with E-state index < -0.39 is 0 Å². The van der Waals surface area contributed by atoms with Crippen molar-refractivity contribution in [1.82, 2.24) is 10.2 Å². The van der Waals surface area contributed by atoms with E-state index in [0.717, 1.165) is 24.8 Å². The van der Waals surface area contributed by atoms with Crippen molar-refractivity contribution >= 4 is 23.5 Å². The number of urea groups is 1. The van der Waals surface area contributed by atoms with Gasteiger partial charge in [0, 0.05) is 18.6 Å². The van der Waals surface area contributed by atoms with E-state index in [2.05, 4.69) is 19.2 Å². The van der Waals surface area contributed by atoms with E-state index in [4.69, 9.17) is 0 Å². The highest BCUT2D eigenvalue weighted by Gasteiger charge is 2.36. The fraction of sp³-hybridized carbons (Fsp3) is 0.348. The number of amides is 4. The molecule has 2 atom stereocenters. The molecule has 2 unspecified atom stereocenters. The van der Waals surface area contributed by atoms with Gasteiger partial charge in [0.2, 0.25) is 0 Å². The Bertz CT molecular complexity index is 909. The zero-order chi connectivity index (χ0) is 20.5. The molecule has 0 aromatic heterocycles. The summed E-state index contributed by atoms with van der Waals surface area (Å²) in [7, 11) is 0. The molecule has 2 aliphatic heterocycles. The Kier molecular flexibility index (Phi) is 5.09. The SMILES string of the molecule is CC1CCCC(C)N1C(=O)NCc1ccc(N2C(=O)c3ccccc3C2=O)cc1. The Labute approximate surface area is 170 Å². The number of hydrogen-bond donors (Lipinski definition) is 1. The van der Waals surface area contributed by atoms with Crippen LogP contribution in [0.3, 0.4) is 0 Å². The highest BCUT2D eigenvalue weighted by atomic mass is 16.2. The molecule has 2 aromatic rings. The second kappa shape index (κ2) is 7.70. The van der Waals surface area contributed by atoms with E-state index in [-0.39, 0.29) is 29.9 Å². The van der Waals surface area contributed by atoms with E-state index in [1.54, 1.807) is 36.4 Å². The molecule has 0 saturated carbocycles. The third-order valence-corrected chi connectivity index (χ3v) is 5.86. The topological polar surface area (TPSA) is 69.7 Å². The van der Waals surface area contributed by atoms with Crippen LogP contribution in [0.4, 0.5) is 10.5 Å². The predicted octanol–water partition coefficient (Wildman–Crippen LogP) is 3.96. The lowest BCUT2D eigenvalue weighted by Crippen LogP contribution is -2.51. The highest BCUT2D eigenvalue weighted by Crippen LogP contribution is 2.28. The number of carbonyl (C=O) groups is 3. The molecule has 6 nitrogen and oxygen atoms in total. The van der Waals surface area contributed by atoms with E-state index in [1.165, 1.54) is 4.90 Å². The Morgan fingerprint density at radius 1 is 0.931 bits per heavy atom. The summed E-state index contributed by atoms with van der Waals surface area (Å²) in [6, 6.07) is 14.4. The molecule has 0 aliphatic carbocycles. The number of carbonyl (C=O) groups excluding carboxylic acids is 3. The molecule has 0 spiro atoms. The second-order valence-electron chi connectivity index (χ2n) is 7.85. The summed E-state index contributed by atoms with van der Waals surface area (Å²) >= 11 is 0. The smallest absolute Gasteiger partial charge is 0.318 e. The van der Waals surface area contributed by atoms with Gasteiger partial charge in [-0.3, -0.25) is 9.59 Å². The molecule has 1 fully saturated rings. The first-order valence-electron chi connectivity index (χ1n) is 10.1. The molecule has 29 heavy (non-hydrogen) atoms. The van der Waals surface area contributed by atoms with Gasteiger partial charge in [-0.2, -0.15) is 0 Å². The standard InChI is InChI=1S/C23H25N3O3/c1-15-6-5-7-16(2)25(15)23(29)24-14-17-10-12-18(13-11-17)26-21(27)19-8-3-4-9-20(19)22(26)28/h3-4,8-13,15-16H,5-7,14H2,1-2H3,(H,24,29). The Hall–Kier alpha value is -3.15. The van der Waals surface area contributed by atoms with Crippen LogP contribution in [0.1, 0.15) is 59.4 Å². The molecule has 4 rings (SSSR count). The zero-order valence-electron chi connectivity index (χ0n) is 16.7. The van der Waals surface area contributed by atoms with Gasteiger partial charge in [-0.1, -0.05) is 24.3 Å². The molecule has 0 radical (unpaired) electrons. The quantitative estimate of drug-likeness (QED) is 0.805. The van der Waals surface area contributed by atoms with Crippen LogP contribution in [0.15, 0.2) is 48.5 Å². The maximum Gasteiger partial charge on any atom is 0.318 e. The van der Waals surface area contributed by atoms with E-state index >= 15 is 0 Å². The fourth-order valence-electron chi connectivity index (χ4n) is 4.28. The van der Waals surface area contributed by atoms with Crippen LogP contribution in [0.25, 0.3) is 0 Å². The minimum atomic E-state index is -0.306. The van der Waals surface area contributed by atoms with Crippen molar-refractivity contribution in [1.29, 1.82) is 0 Å². The Morgan fingerprint density at radius 2 is 1.48 bits per heavy atom. The number of rotatable bonds is 3. The molecule has 0 bridgehead atoms. The van der Waals surface area contributed by atoms with Crippen LogP contribution in [-0.4, -0.2) is 34.8 Å². The minimum absolute atomic E-state index is 0.0471. The van der Waals surface area contributed by atoms with Crippen LogP contribution in [-0.2, 0) is 6.54 Å². The van der Waals surface area contributed by atoms with Crippen LogP contribution in [0, 0.1) is 0 Å². The van der Waals surface area contributed by atoms with Crippen molar-refractivity contribution in [2.24, 2.45) is 0 Å². The molecule has 4 amide bonds. The highest BCUT2D eigenvalue weighted by molar-refractivity contribution is 6.34. The van der Waals surface area contributed by atoms with Gasteiger partial charge >= 0.3 is 6.03 Å². The molecular weight excluding hydrogens is 366 g/mol. The van der Waals surface area contributed by atoms with Gasteiger partial charge in [0.05, 0.1) is 16.8 Å². The maximum absolute atomic E-state index is 12.6. The third kappa shape index (κ3) is 3.50. The minimum Gasteiger partial charge on any atom is -0.334 e. The normalized spacial score (nSPS) is 21.3. The number of imide groups is 1. The first-order valence-corrected chi connectivity index (χ1v) is 10.1. The molecule has 2 aromatic carbocycles. The molecule has 2 heterocycles. The van der Waals surface area contributed by atoms with Gasteiger partial charge in [-0.05, 0) is 62.9 Å². The van der Waals surface area contributed by atoms with Crippen LogP contribution in [0.2, 0.25) is 0 Å². The van der Waals surface area contributed by atoms with Crippen molar-refractivity contribution in [2.45, 2.75) is 51.7 Å². The van der Waals surface area contributed by atoms with Gasteiger partial charge < -0.3 is 10.2 Å². The van der Waals surface area contributed by atoms with Gasteiger partial charge in [-0.15, -0.1) is 0 Å². The predicted molar refractivity (Wildman–Crippen MR) is 111 cm³/mol. The molecule has 1 N–H and O–H groups in total. The fourth-order valence-corrected chi connectivity index (χ4v) is 4.28. The van der Waals surface area contributed by atoms with Crippen molar-refractivity contribution in [3.05, 3.63) is 65.2 Å². The average molecular weight is 391 g/mol. The second-order valence-corrected chi connectivity index (χ2v) is 7.85. The summed E-state index contributed by atoms with van der Waals surface area (Å²) in [5.74, 6) is -0.612. The van der Waals surface area contributed by atoms with E-state index in [1.807, 2.05) is 17.0 Å². The van der Waals surface area contributed by atoms with E-state index in [9.17, 15) is 14.4 Å². The van der Waals surface area contributed by atoms with Crippen LogP contribution < -0.4 is 10.2 Å². The summed E-state index contributed by atoms with van der Waals surface area (Å²) in [5.41, 5.74) is 2.30. The van der Waals surface area contributed by atoms with Gasteiger partial charge in [-0.25, -0.2) is 9.69 Å². The zero-order valence-corrected chi connectivity index (χ0v) is 16.7. The first kappa shape index (κ1) is 19.2. The average Bonchev–Trinajstić information content (AvgIpc) is 2.97. The largest absolute Gasteiger partial charge is 0.334 e. The molecular formula is C23H25N3O3. The van der Waals surface area contributed by atoms with Gasteiger partial charge in [0.15, 0.2) is 0 Å². The lowest BCUT2D eigenvalue weighted by atomic mass is 9.98. The molecule has 6 heteroatoms. The summed E-state index contributed by atoms with van der Waals surface area (Å²) in [5, 5.41) is 2.99. The summed E-state index contributed by atoms with van der Waals surface area (Å²) < 4.78 is 0. The van der Waals surface area contributed by atoms with Crippen molar-refractivity contribution in [3.63, 3.8) is 0 Å². The number of nitrogens with one attached hydrogen (secondary N) is 1. The number of fused-ring (bicyclic) bond motifs is 1. The first-order chi connectivity index (χ1) is 14.0. The lowest BCUT2D eigenvalue weighted by Gasteiger charge is -2.38.